The molecule has 2 heteroatoms. The summed E-state index contributed by atoms with van der Waals surface area (Å²) in [5.74, 6) is 0.0379. The van der Waals surface area contributed by atoms with Crippen molar-refractivity contribution in [1.29, 1.82) is 0 Å². The Morgan fingerprint density at radius 2 is 2.40 bits per heavy atom. The first-order valence-electron chi connectivity index (χ1n) is 3.68. The molecule has 56 valence electrons. The molecule has 2 nitrogen and oxygen atoms in total. The van der Waals surface area contributed by atoms with Gasteiger partial charge in [-0.15, -0.1) is 0 Å². The van der Waals surface area contributed by atoms with Gasteiger partial charge in [-0.2, -0.15) is 0 Å². The summed E-state index contributed by atoms with van der Waals surface area (Å²) in [6, 6.07) is 0. The van der Waals surface area contributed by atoms with Crippen molar-refractivity contribution in [3.05, 3.63) is 12.2 Å². The van der Waals surface area contributed by atoms with Crippen molar-refractivity contribution in [1.82, 2.24) is 5.32 Å². The molecule has 1 N–H and O–H groups in total. The number of nitrogens with one attached hydrogen (secondary N) is 1. The van der Waals surface area contributed by atoms with Gasteiger partial charge in [-0.05, 0) is 13.3 Å². The van der Waals surface area contributed by atoms with Crippen LogP contribution in [0.2, 0.25) is 0 Å². The Balaban J connectivity index is 2.56. The first-order valence-corrected chi connectivity index (χ1v) is 3.68. The Morgan fingerprint density at radius 1 is 1.70 bits per heavy atom. The lowest BCUT2D eigenvalue weighted by Crippen LogP contribution is -2.38. The fourth-order valence-corrected chi connectivity index (χ4v) is 1.29. The number of carbonyl (C=O) groups is 1. The number of amides is 1. The van der Waals surface area contributed by atoms with Crippen LogP contribution < -0.4 is 5.32 Å². The smallest absolute Gasteiger partial charge is 0.244 e. The second kappa shape index (κ2) is 2.45. The summed E-state index contributed by atoms with van der Waals surface area (Å²) in [6.07, 6.45) is 5.67. The zero-order chi connectivity index (χ0) is 7.61. The molecule has 0 radical (unpaired) electrons. The third-order valence-corrected chi connectivity index (χ3v) is 1.78. The fourth-order valence-electron chi connectivity index (χ4n) is 1.29. The van der Waals surface area contributed by atoms with E-state index in [1.165, 1.54) is 0 Å². The van der Waals surface area contributed by atoms with Gasteiger partial charge in [0.25, 0.3) is 0 Å². The predicted octanol–water partition coefficient (Wildman–Crippen LogP) is 1.23. The molecular formula is C8H13NO. The molecule has 0 aromatic rings. The lowest BCUT2D eigenvalue weighted by atomic mass is 9.98. The molecule has 0 bridgehead atoms. The maximum absolute atomic E-state index is 10.7. The average molecular weight is 139 g/mol. The van der Waals surface area contributed by atoms with Crippen LogP contribution in [-0.4, -0.2) is 11.4 Å². The van der Waals surface area contributed by atoms with E-state index < -0.39 is 0 Å². The van der Waals surface area contributed by atoms with Crippen molar-refractivity contribution in [2.24, 2.45) is 0 Å². The van der Waals surface area contributed by atoms with E-state index in [4.69, 9.17) is 0 Å². The van der Waals surface area contributed by atoms with Crippen LogP contribution in [-0.2, 0) is 4.79 Å². The van der Waals surface area contributed by atoms with E-state index >= 15 is 0 Å². The summed E-state index contributed by atoms with van der Waals surface area (Å²) >= 11 is 0. The molecule has 1 amide bonds. The summed E-state index contributed by atoms with van der Waals surface area (Å²) < 4.78 is 0. The van der Waals surface area contributed by atoms with E-state index in [9.17, 15) is 4.79 Å². The average Bonchev–Trinajstić information content (AvgIpc) is 2.12. The van der Waals surface area contributed by atoms with Crippen molar-refractivity contribution < 1.29 is 4.79 Å². The van der Waals surface area contributed by atoms with Gasteiger partial charge in [-0.1, -0.05) is 19.4 Å². The molecule has 1 atom stereocenters. The Bertz CT molecular complexity index is 174. The highest BCUT2D eigenvalue weighted by Crippen LogP contribution is 2.17. The topological polar surface area (TPSA) is 29.1 Å². The minimum atomic E-state index is -0.0637. The molecule has 0 aliphatic carbocycles. The van der Waals surface area contributed by atoms with Crippen molar-refractivity contribution in [3.63, 3.8) is 0 Å². The molecule has 1 rings (SSSR count). The van der Waals surface area contributed by atoms with E-state index in [1.54, 1.807) is 6.08 Å². The van der Waals surface area contributed by atoms with Gasteiger partial charge in [-0.3, -0.25) is 4.79 Å². The maximum atomic E-state index is 10.7. The van der Waals surface area contributed by atoms with Crippen LogP contribution in [0.1, 0.15) is 26.7 Å². The van der Waals surface area contributed by atoms with Crippen LogP contribution in [0, 0.1) is 0 Å². The first-order chi connectivity index (χ1) is 4.66. The fraction of sp³-hybridized carbons (Fsp3) is 0.625. The predicted molar refractivity (Wildman–Crippen MR) is 40.6 cm³/mol. The van der Waals surface area contributed by atoms with Gasteiger partial charge >= 0.3 is 0 Å². The van der Waals surface area contributed by atoms with Gasteiger partial charge in [-0.25, -0.2) is 0 Å². The van der Waals surface area contributed by atoms with Crippen LogP contribution in [0.3, 0.4) is 0 Å². The first kappa shape index (κ1) is 7.32. The molecule has 0 saturated carbocycles. The van der Waals surface area contributed by atoms with Gasteiger partial charge in [0.05, 0.1) is 5.54 Å². The zero-order valence-corrected chi connectivity index (χ0v) is 6.48. The van der Waals surface area contributed by atoms with Crippen LogP contribution >= 0.6 is 0 Å². The number of hydrogen-bond donors (Lipinski definition) is 1. The van der Waals surface area contributed by atoms with Crippen molar-refractivity contribution >= 4 is 5.91 Å². The van der Waals surface area contributed by atoms with E-state index in [1.807, 2.05) is 13.0 Å². The highest BCUT2D eigenvalue weighted by atomic mass is 16.1. The van der Waals surface area contributed by atoms with Crippen LogP contribution in [0.25, 0.3) is 0 Å². The van der Waals surface area contributed by atoms with Crippen LogP contribution in [0.15, 0.2) is 12.2 Å². The van der Waals surface area contributed by atoms with Crippen molar-refractivity contribution in [2.75, 3.05) is 0 Å². The summed E-state index contributed by atoms with van der Waals surface area (Å²) in [6.45, 7) is 4.15. The lowest BCUT2D eigenvalue weighted by Gasteiger charge is -2.21. The standard InChI is InChI=1S/C8H13NO/c1-3-5-8(2)6-4-7(10)9-8/h4,6H,3,5H2,1-2H3,(H,9,10)/t8-/m1/s1. The molecule has 10 heavy (non-hydrogen) atoms. The molecule has 0 aromatic heterocycles. The number of hydrogen-bond acceptors (Lipinski definition) is 1. The second-order valence-electron chi connectivity index (χ2n) is 2.99. The molecule has 0 aromatic carbocycles. The zero-order valence-electron chi connectivity index (χ0n) is 6.48. The Hall–Kier alpha value is -0.790. The minimum absolute atomic E-state index is 0.0379. The molecule has 1 aliphatic heterocycles. The number of carbonyl (C=O) groups excluding carboxylic acids is 1. The van der Waals surface area contributed by atoms with Gasteiger partial charge < -0.3 is 5.32 Å². The van der Waals surface area contributed by atoms with Crippen LogP contribution in [0.4, 0.5) is 0 Å². The van der Waals surface area contributed by atoms with Gasteiger partial charge in [0.1, 0.15) is 0 Å². The molecule has 1 heterocycles. The highest BCUT2D eigenvalue weighted by molar-refractivity contribution is 5.91. The van der Waals surface area contributed by atoms with E-state index in [0.717, 1.165) is 12.8 Å². The third kappa shape index (κ3) is 1.38. The quantitative estimate of drug-likeness (QED) is 0.612. The van der Waals surface area contributed by atoms with E-state index in [0.29, 0.717) is 0 Å². The van der Waals surface area contributed by atoms with E-state index in [-0.39, 0.29) is 11.4 Å². The maximum Gasteiger partial charge on any atom is 0.244 e. The Kier molecular flexibility index (Phi) is 1.79. The lowest BCUT2D eigenvalue weighted by molar-refractivity contribution is -0.116. The molecule has 0 spiro atoms. The number of rotatable bonds is 2. The summed E-state index contributed by atoms with van der Waals surface area (Å²) in [5.41, 5.74) is -0.0637. The third-order valence-electron chi connectivity index (χ3n) is 1.78. The normalized spacial score (nSPS) is 30.8. The van der Waals surface area contributed by atoms with Crippen molar-refractivity contribution in [2.45, 2.75) is 32.2 Å². The largest absolute Gasteiger partial charge is 0.344 e. The minimum Gasteiger partial charge on any atom is -0.344 e. The summed E-state index contributed by atoms with van der Waals surface area (Å²) in [5, 5.41) is 2.88. The molecular weight excluding hydrogens is 126 g/mol. The van der Waals surface area contributed by atoms with E-state index in [2.05, 4.69) is 12.2 Å². The van der Waals surface area contributed by atoms with Gasteiger partial charge in [0.15, 0.2) is 0 Å². The molecule has 0 unspecified atom stereocenters. The summed E-state index contributed by atoms with van der Waals surface area (Å²) in [4.78, 5) is 10.7. The Labute approximate surface area is 61.3 Å². The second-order valence-corrected chi connectivity index (χ2v) is 2.99. The molecule has 1 aliphatic rings. The van der Waals surface area contributed by atoms with Gasteiger partial charge in [0.2, 0.25) is 5.91 Å². The van der Waals surface area contributed by atoms with Crippen molar-refractivity contribution in [3.8, 4) is 0 Å². The highest BCUT2D eigenvalue weighted by Gasteiger charge is 2.25. The summed E-state index contributed by atoms with van der Waals surface area (Å²) in [7, 11) is 0. The SMILES string of the molecule is CCC[C@]1(C)C=CC(=O)N1. The Morgan fingerprint density at radius 3 is 2.80 bits per heavy atom. The monoisotopic (exact) mass is 139 g/mol. The molecule has 0 fully saturated rings. The molecule has 0 saturated heterocycles. The van der Waals surface area contributed by atoms with Crippen LogP contribution in [0.5, 0.6) is 0 Å². The van der Waals surface area contributed by atoms with Gasteiger partial charge in [0, 0.05) is 6.08 Å².